The van der Waals surface area contributed by atoms with Crippen molar-refractivity contribution in [2.45, 2.75) is 9.79 Å². The molecule has 0 spiro atoms. The molecule has 0 saturated carbocycles. The molecule has 2 heterocycles. The number of rotatable bonds is 4. The minimum atomic E-state index is -3.99. The maximum absolute atomic E-state index is 13.3. The van der Waals surface area contributed by atoms with Crippen molar-refractivity contribution in [3.05, 3.63) is 61.0 Å². The largest absolute Gasteiger partial charge is 0.422 e. The molecule has 2 aromatic heterocycles. The van der Waals surface area contributed by atoms with E-state index in [1.165, 1.54) is 36.4 Å². The van der Waals surface area contributed by atoms with Crippen LogP contribution >= 0.6 is 0 Å². The molecule has 0 unspecified atom stereocenters. The molecule has 0 N–H and O–H groups in total. The topological polar surface area (TPSA) is 112 Å². The average Bonchev–Trinajstić information content (AvgIpc) is 3.28. The molecule has 0 bridgehead atoms. The smallest absolute Gasteiger partial charge is 0.268 e. The lowest BCUT2D eigenvalue weighted by Gasteiger charge is -2.10. The first-order chi connectivity index (χ1) is 12.8. The molecule has 138 valence electrons. The number of benzene rings is 2. The van der Waals surface area contributed by atoms with Crippen molar-refractivity contribution in [1.82, 2.24) is 14.2 Å². The van der Waals surface area contributed by atoms with E-state index in [0.717, 1.165) is 16.6 Å². The van der Waals surface area contributed by atoms with Gasteiger partial charge in [-0.25, -0.2) is 20.8 Å². The lowest BCUT2D eigenvalue weighted by atomic mass is 10.2. The second-order valence-corrected chi connectivity index (χ2v) is 9.65. The van der Waals surface area contributed by atoms with Gasteiger partial charge in [0.15, 0.2) is 9.84 Å². The zero-order chi connectivity index (χ0) is 19.2. The number of hydrogen-bond donors (Lipinski definition) is 0. The van der Waals surface area contributed by atoms with Gasteiger partial charge in [0.2, 0.25) is 6.39 Å². The summed E-state index contributed by atoms with van der Waals surface area (Å²) in [4.78, 5) is 0.164. The number of fused-ring (bicyclic) bond motifs is 1. The summed E-state index contributed by atoms with van der Waals surface area (Å²) < 4.78 is 56.5. The van der Waals surface area contributed by atoms with Gasteiger partial charge in [0, 0.05) is 11.6 Å². The summed E-state index contributed by atoms with van der Waals surface area (Å²) in [5.41, 5.74) is 0.455. The van der Waals surface area contributed by atoms with Crippen LogP contribution in [0.3, 0.4) is 0 Å². The van der Waals surface area contributed by atoms with Crippen LogP contribution in [0.2, 0.25) is 0 Å². The van der Waals surface area contributed by atoms with E-state index in [9.17, 15) is 16.8 Å². The van der Waals surface area contributed by atoms with Gasteiger partial charge < -0.3 is 4.42 Å². The van der Waals surface area contributed by atoms with Gasteiger partial charge in [-0.05, 0) is 36.4 Å². The molecule has 0 amide bonds. The van der Waals surface area contributed by atoms with Gasteiger partial charge in [-0.15, -0.1) is 10.2 Å². The number of sulfone groups is 1. The highest BCUT2D eigenvalue weighted by molar-refractivity contribution is 7.90. The average molecular weight is 403 g/mol. The Labute approximate surface area is 155 Å². The Morgan fingerprint density at radius 3 is 2.30 bits per heavy atom. The van der Waals surface area contributed by atoms with Gasteiger partial charge in [0.1, 0.15) is 5.69 Å². The molecule has 4 rings (SSSR count). The van der Waals surface area contributed by atoms with E-state index in [-0.39, 0.29) is 21.4 Å². The molecule has 4 aromatic rings. The molecular weight excluding hydrogens is 390 g/mol. The van der Waals surface area contributed by atoms with E-state index < -0.39 is 19.9 Å². The Kier molecular flexibility index (Phi) is 3.89. The Bertz CT molecular complexity index is 1340. The highest BCUT2D eigenvalue weighted by Crippen LogP contribution is 2.32. The molecule has 0 saturated heterocycles. The minimum absolute atomic E-state index is 0.00612. The van der Waals surface area contributed by atoms with E-state index >= 15 is 0 Å². The number of nitrogens with zero attached hydrogens (tertiary/aromatic N) is 3. The van der Waals surface area contributed by atoms with Crippen LogP contribution in [-0.2, 0) is 19.9 Å². The molecule has 10 heteroatoms. The van der Waals surface area contributed by atoms with Gasteiger partial charge >= 0.3 is 0 Å². The molecular formula is C17H13N3O5S2. The second kappa shape index (κ2) is 6.03. The van der Waals surface area contributed by atoms with Crippen LogP contribution in [0.5, 0.6) is 0 Å². The third-order valence-electron chi connectivity index (χ3n) is 4.02. The second-order valence-electron chi connectivity index (χ2n) is 5.85. The van der Waals surface area contributed by atoms with Crippen molar-refractivity contribution >= 4 is 30.8 Å². The standard InChI is InChI=1S/C17H13N3O5S2/c1-26(21,22)14-7-8-15-12(9-14)10-16(17-19-18-11-25-17)20(15)27(23,24)13-5-3-2-4-6-13/h2-11H,1H3. The summed E-state index contributed by atoms with van der Waals surface area (Å²) in [6, 6.07) is 13.6. The zero-order valence-electron chi connectivity index (χ0n) is 14.0. The Balaban J connectivity index is 2.08. The summed E-state index contributed by atoms with van der Waals surface area (Å²) in [6.45, 7) is 0. The summed E-state index contributed by atoms with van der Waals surface area (Å²) >= 11 is 0. The van der Waals surface area contributed by atoms with E-state index in [2.05, 4.69) is 10.2 Å². The van der Waals surface area contributed by atoms with Crippen LogP contribution in [0.15, 0.2) is 75.2 Å². The summed E-state index contributed by atoms with van der Waals surface area (Å²) in [7, 11) is -7.44. The van der Waals surface area contributed by atoms with E-state index in [0.29, 0.717) is 10.9 Å². The van der Waals surface area contributed by atoms with Crippen molar-refractivity contribution in [2.24, 2.45) is 0 Å². The normalized spacial score (nSPS) is 12.5. The van der Waals surface area contributed by atoms with Gasteiger partial charge in [0.25, 0.3) is 15.9 Å². The molecule has 0 radical (unpaired) electrons. The quantitative estimate of drug-likeness (QED) is 0.514. The van der Waals surface area contributed by atoms with Gasteiger partial charge in [-0.3, -0.25) is 0 Å². The predicted octanol–water partition coefficient (Wildman–Crippen LogP) is 2.33. The zero-order valence-corrected chi connectivity index (χ0v) is 15.6. The molecule has 0 aliphatic heterocycles. The highest BCUT2D eigenvalue weighted by atomic mass is 32.2. The molecule has 8 nitrogen and oxygen atoms in total. The van der Waals surface area contributed by atoms with Crippen molar-refractivity contribution in [2.75, 3.05) is 6.26 Å². The summed E-state index contributed by atoms with van der Waals surface area (Å²) in [5, 5.41) is 7.82. The number of hydrogen-bond acceptors (Lipinski definition) is 7. The maximum Gasteiger partial charge on any atom is 0.268 e. The molecule has 27 heavy (non-hydrogen) atoms. The summed E-state index contributed by atoms with van der Waals surface area (Å²) in [5.74, 6) is 0.00612. The Morgan fingerprint density at radius 2 is 1.67 bits per heavy atom. The molecule has 0 fully saturated rings. The number of aromatic nitrogens is 3. The lowest BCUT2D eigenvalue weighted by Crippen LogP contribution is -2.14. The van der Waals surface area contributed by atoms with Crippen molar-refractivity contribution in [3.63, 3.8) is 0 Å². The van der Waals surface area contributed by atoms with E-state index in [1.807, 2.05) is 0 Å². The van der Waals surface area contributed by atoms with Gasteiger partial charge in [-0.1, -0.05) is 18.2 Å². The van der Waals surface area contributed by atoms with Gasteiger partial charge in [-0.2, -0.15) is 0 Å². The molecule has 0 aliphatic rings. The SMILES string of the molecule is CS(=O)(=O)c1ccc2c(c1)cc(-c1nnco1)n2S(=O)(=O)c1ccccc1. The highest BCUT2D eigenvalue weighted by Gasteiger charge is 2.26. The fourth-order valence-corrected chi connectivity index (χ4v) is 4.97. The predicted molar refractivity (Wildman–Crippen MR) is 97.4 cm³/mol. The third-order valence-corrected chi connectivity index (χ3v) is 6.87. The van der Waals surface area contributed by atoms with Crippen LogP contribution < -0.4 is 0 Å². The molecule has 0 atom stereocenters. The molecule has 0 aliphatic carbocycles. The van der Waals surface area contributed by atoms with Gasteiger partial charge in [0.05, 0.1) is 15.3 Å². The first kappa shape index (κ1) is 17.4. The summed E-state index contributed by atoms with van der Waals surface area (Å²) in [6.07, 6.45) is 2.18. The Hall–Kier alpha value is -2.98. The van der Waals surface area contributed by atoms with Crippen molar-refractivity contribution < 1.29 is 21.3 Å². The van der Waals surface area contributed by atoms with Crippen LogP contribution in [0.4, 0.5) is 0 Å². The fraction of sp³-hybridized carbons (Fsp3) is 0.0588. The first-order valence-electron chi connectivity index (χ1n) is 7.71. The van der Waals surface area contributed by atoms with Crippen molar-refractivity contribution in [1.29, 1.82) is 0 Å². The van der Waals surface area contributed by atoms with Crippen LogP contribution in [0, 0.1) is 0 Å². The first-order valence-corrected chi connectivity index (χ1v) is 11.0. The third kappa shape index (κ3) is 2.92. The lowest BCUT2D eigenvalue weighted by molar-refractivity contribution is 0.562. The Morgan fingerprint density at radius 1 is 0.926 bits per heavy atom. The van der Waals surface area contributed by atoms with Crippen LogP contribution in [0.25, 0.3) is 22.5 Å². The maximum atomic E-state index is 13.3. The van der Waals surface area contributed by atoms with E-state index in [1.54, 1.807) is 18.2 Å². The molecule has 2 aromatic carbocycles. The van der Waals surface area contributed by atoms with Crippen LogP contribution in [-0.4, -0.2) is 37.3 Å². The van der Waals surface area contributed by atoms with E-state index in [4.69, 9.17) is 4.42 Å². The monoisotopic (exact) mass is 403 g/mol. The fourth-order valence-electron chi connectivity index (χ4n) is 2.79. The minimum Gasteiger partial charge on any atom is -0.422 e. The van der Waals surface area contributed by atoms with Crippen molar-refractivity contribution in [3.8, 4) is 11.6 Å². The van der Waals surface area contributed by atoms with Crippen LogP contribution in [0.1, 0.15) is 0 Å².